The number of ether oxygens (including phenoxy) is 4. The minimum absolute atomic E-state index is 0.0436. The molecule has 4 rings (SSSR count). The normalized spacial score (nSPS) is 25.2. The first-order valence-electron chi connectivity index (χ1n) is 11.2. The number of benzene rings is 1. The Kier molecular flexibility index (Phi) is 8.75. The molecule has 0 saturated carbocycles. The molecule has 12 heteroatoms. The lowest BCUT2D eigenvalue weighted by atomic mass is 10.0. The molecule has 3 aliphatic rings. The van der Waals surface area contributed by atoms with Gasteiger partial charge in [0.15, 0.2) is 6.29 Å². The van der Waals surface area contributed by atoms with Crippen molar-refractivity contribution in [1.82, 2.24) is 9.79 Å². The number of alkyl carbamates (subject to hydrolysis) is 1. The van der Waals surface area contributed by atoms with Crippen molar-refractivity contribution in [2.24, 2.45) is 5.92 Å². The van der Waals surface area contributed by atoms with Gasteiger partial charge in [-0.25, -0.2) is 4.79 Å². The van der Waals surface area contributed by atoms with E-state index in [1.165, 1.54) is 24.1 Å². The zero-order chi connectivity index (χ0) is 23.0. The van der Waals surface area contributed by atoms with Gasteiger partial charge in [0.05, 0.1) is 30.2 Å². The minimum atomic E-state index is -0.462. The van der Waals surface area contributed by atoms with Gasteiger partial charge in [-0.15, -0.1) is 4.47 Å². The molecule has 0 radical (unpaired) electrons. The van der Waals surface area contributed by atoms with E-state index in [0.29, 0.717) is 45.9 Å². The van der Waals surface area contributed by atoms with Gasteiger partial charge in [0.25, 0.3) is 5.69 Å². The van der Waals surface area contributed by atoms with Gasteiger partial charge in [-0.3, -0.25) is 15.0 Å². The van der Waals surface area contributed by atoms with Gasteiger partial charge in [0.1, 0.15) is 6.10 Å². The molecule has 0 bridgehead atoms. The first-order valence-corrected chi connectivity index (χ1v) is 12.0. The number of carbonyl (C=O) groups is 1. The maximum atomic E-state index is 12.2. The Bertz CT molecular complexity index is 792. The molecule has 0 spiro atoms. The third-order valence-corrected chi connectivity index (χ3v) is 6.68. The first kappa shape index (κ1) is 24.2. The van der Waals surface area contributed by atoms with Crippen molar-refractivity contribution in [1.29, 1.82) is 0 Å². The number of nitro benzene ring substituents is 1. The van der Waals surface area contributed by atoms with E-state index in [1.54, 1.807) is 16.6 Å². The van der Waals surface area contributed by atoms with E-state index in [4.69, 9.17) is 23.8 Å². The summed E-state index contributed by atoms with van der Waals surface area (Å²) >= 11 is 1.37. The lowest BCUT2D eigenvalue weighted by molar-refractivity contribution is -0.384. The number of rotatable bonds is 10. The maximum Gasteiger partial charge on any atom is 0.407 e. The van der Waals surface area contributed by atoms with Crippen molar-refractivity contribution >= 4 is 23.7 Å². The van der Waals surface area contributed by atoms with Crippen LogP contribution in [0.3, 0.4) is 0 Å². The van der Waals surface area contributed by atoms with E-state index >= 15 is 0 Å². The second kappa shape index (κ2) is 12.0. The minimum Gasteiger partial charge on any atom is -0.443 e. The average Bonchev–Trinajstić information content (AvgIpc) is 3.43. The molecule has 11 nitrogen and oxygen atoms in total. The number of amides is 1. The summed E-state index contributed by atoms with van der Waals surface area (Å²) in [5.41, 5.74) is 0.0436. The third kappa shape index (κ3) is 7.01. The highest BCUT2D eigenvalue weighted by molar-refractivity contribution is 7.96. The molecule has 1 amide bonds. The van der Waals surface area contributed by atoms with Crippen LogP contribution in [-0.2, 0) is 23.8 Å². The molecule has 182 valence electrons. The predicted octanol–water partition coefficient (Wildman–Crippen LogP) is 2.89. The number of non-ortho nitro benzene ring substituents is 1. The summed E-state index contributed by atoms with van der Waals surface area (Å²) in [4.78, 5) is 29.6. The molecular weight excluding hydrogens is 454 g/mol. The molecule has 1 aromatic carbocycles. The van der Waals surface area contributed by atoms with Crippen LogP contribution >= 0.6 is 11.9 Å². The Morgan fingerprint density at radius 2 is 1.97 bits per heavy atom. The van der Waals surface area contributed by atoms with Crippen molar-refractivity contribution < 1.29 is 33.5 Å². The Balaban J connectivity index is 1.23. The number of hydrogen-bond donors (Lipinski definition) is 1. The fourth-order valence-electron chi connectivity index (χ4n) is 3.94. The Hall–Kier alpha value is -1.96. The van der Waals surface area contributed by atoms with Crippen LogP contribution in [0.15, 0.2) is 29.2 Å². The van der Waals surface area contributed by atoms with Gasteiger partial charge < -0.3 is 24.3 Å². The summed E-state index contributed by atoms with van der Waals surface area (Å²) in [5, 5.41) is 13.7. The van der Waals surface area contributed by atoms with Crippen molar-refractivity contribution in [2.75, 3.05) is 39.5 Å². The molecule has 3 heterocycles. The van der Waals surface area contributed by atoms with Crippen LogP contribution in [0, 0.1) is 16.0 Å². The highest BCUT2D eigenvalue weighted by Crippen LogP contribution is 2.33. The fourth-order valence-corrected chi connectivity index (χ4v) is 4.82. The number of nitrogens with one attached hydrogen (secondary N) is 1. The van der Waals surface area contributed by atoms with Gasteiger partial charge >= 0.3 is 6.09 Å². The standard InChI is InChI=1S/C21H29N3O8S/c25-21(31-19-14-30-20-18(19)8-13-29-20)22-9-1-10-23(32-16-6-11-28-12-7-16)33-17-4-2-15(3-5-17)24(26)27/h2-5,16,18-20H,1,6-14H2,(H,22,25)/t18-,19-,20+/m0/s1. The van der Waals surface area contributed by atoms with Crippen LogP contribution in [0.25, 0.3) is 0 Å². The molecule has 3 fully saturated rings. The Morgan fingerprint density at radius 3 is 2.73 bits per heavy atom. The summed E-state index contributed by atoms with van der Waals surface area (Å²) in [6.45, 7) is 3.28. The number of nitrogens with zero attached hydrogens (tertiary/aromatic N) is 2. The third-order valence-electron chi connectivity index (χ3n) is 5.72. The van der Waals surface area contributed by atoms with E-state index in [-0.39, 0.29) is 30.1 Å². The Labute approximate surface area is 196 Å². The van der Waals surface area contributed by atoms with Crippen LogP contribution in [0.2, 0.25) is 0 Å². The number of hydroxylamine groups is 1. The van der Waals surface area contributed by atoms with E-state index in [9.17, 15) is 14.9 Å². The van der Waals surface area contributed by atoms with E-state index < -0.39 is 11.0 Å². The molecule has 1 N–H and O–H groups in total. The molecule has 0 aromatic heterocycles. The highest BCUT2D eigenvalue weighted by Gasteiger charge is 2.43. The first-order chi connectivity index (χ1) is 16.1. The smallest absolute Gasteiger partial charge is 0.407 e. The van der Waals surface area contributed by atoms with E-state index in [1.807, 2.05) is 0 Å². The van der Waals surface area contributed by atoms with Crippen LogP contribution in [-0.4, -0.2) is 73.5 Å². The zero-order valence-corrected chi connectivity index (χ0v) is 19.1. The van der Waals surface area contributed by atoms with Crippen LogP contribution < -0.4 is 5.32 Å². The predicted molar refractivity (Wildman–Crippen MR) is 117 cm³/mol. The summed E-state index contributed by atoms with van der Waals surface area (Å²) in [6.07, 6.45) is 2.13. The Morgan fingerprint density at radius 1 is 1.18 bits per heavy atom. The van der Waals surface area contributed by atoms with Gasteiger partial charge in [-0.2, -0.15) is 0 Å². The topological polar surface area (TPSA) is 122 Å². The summed E-state index contributed by atoms with van der Waals surface area (Å²) in [5.74, 6) is 0.109. The molecule has 3 saturated heterocycles. The van der Waals surface area contributed by atoms with Crippen molar-refractivity contribution in [3.05, 3.63) is 34.4 Å². The van der Waals surface area contributed by atoms with Gasteiger partial charge in [-0.1, -0.05) is 0 Å². The van der Waals surface area contributed by atoms with Gasteiger partial charge in [0.2, 0.25) is 0 Å². The number of carbonyl (C=O) groups excluding carboxylic acids is 1. The number of nitro groups is 1. The molecule has 0 aliphatic carbocycles. The lowest BCUT2D eigenvalue weighted by Gasteiger charge is -2.28. The van der Waals surface area contributed by atoms with Gasteiger partial charge in [0, 0.05) is 43.3 Å². The molecular formula is C21H29N3O8S. The zero-order valence-electron chi connectivity index (χ0n) is 18.3. The fraction of sp³-hybridized carbons (Fsp3) is 0.667. The highest BCUT2D eigenvalue weighted by atomic mass is 32.2. The summed E-state index contributed by atoms with van der Waals surface area (Å²) in [7, 11) is 0. The molecule has 1 aromatic rings. The summed E-state index contributed by atoms with van der Waals surface area (Å²) in [6, 6.07) is 6.34. The van der Waals surface area contributed by atoms with Crippen LogP contribution in [0.4, 0.5) is 10.5 Å². The molecule has 3 aliphatic heterocycles. The second-order valence-corrected chi connectivity index (χ2v) is 9.13. The lowest BCUT2D eigenvalue weighted by Crippen LogP contribution is -2.35. The van der Waals surface area contributed by atoms with Crippen molar-refractivity contribution in [2.45, 2.75) is 49.1 Å². The second-order valence-electron chi connectivity index (χ2n) is 8.06. The molecule has 3 atom stereocenters. The van der Waals surface area contributed by atoms with E-state index in [2.05, 4.69) is 5.32 Å². The SMILES string of the molecule is O=C(NCCCN(OC1CCOCC1)Sc1ccc([N+](=O)[O-])cc1)O[C@H]1CO[C@H]2OCC[C@H]21. The van der Waals surface area contributed by atoms with Crippen molar-refractivity contribution in [3.8, 4) is 0 Å². The largest absolute Gasteiger partial charge is 0.443 e. The number of fused-ring (bicyclic) bond motifs is 1. The molecule has 33 heavy (non-hydrogen) atoms. The van der Waals surface area contributed by atoms with Crippen LogP contribution in [0.5, 0.6) is 0 Å². The molecule has 0 unspecified atom stereocenters. The van der Waals surface area contributed by atoms with Crippen LogP contribution in [0.1, 0.15) is 25.7 Å². The van der Waals surface area contributed by atoms with Crippen molar-refractivity contribution in [3.63, 3.8) is 0 Å². The van der Waals surface area contributed by atoms with Gasteiger partial charge in [-0.05, 0) is 49.8 Å². The maximum absolute atomic E-state index is 12.2. The summed E-state index contributed by atoms with van der Waals surface area (Å²) < 4.78 is 23.6. The quantitative estimate of drug-likeness (QED) is 0.230. The van der Waals surface area contributed by atoms with E-state index in [0.717, 1.165) is 24.2 Å². The average molecular weight is 484 g/mol. The monoisotopic (exact) mass is 483 g/mol. The number of hydrogen-bond acceptors (Lipinski definition) is 10.